The Morgan fingerprint density at radius 2 is 2.18 bits per heavy atom. The Balaban J connectivity index is 2.28. The van der Waals surface area contributed by atoms with E-state index in [1.807, 2.05) is 16.8 Å². The molecule has 4 nitrogen and oxygen atoms in total. The summed E-state index contributed by atoms with van der Waals surface area (Å²) in [7, 11) is 1.94. The number of likely N-dealkylation sites (tertiary alicyclic amines) is 1. The summed E-state index contributed by atoms with van der Waals surface area (Å²) < 4.78 is 0. The molecule has 1 amide bonds. The molecule has 100 valence electrons. The number of carbonyl (C=O) groups is 1. The molecule has 1 atom stereocenters. The molecule has 1 aliphatic rings. The standard InChI is InChI=1S/C13H26N2O2/c1-11-6-5-8-15(11)12(16)7-9-14(4)10-13(2,3)17/h11,17H,5-10H2,1-4H3. The van der Waals surface area contributed by atoms with Gasteiger partial charge in [0.15, 0.2) is 0 Å². The van der Waals surface area contributed by atoms with Crippen LogP contribution in [0.15, 0.2) is 0 Å². The van der Waals surface area contributed by atoms with E-state index in [9.17, 15) is 9.90 Å². The summed E-state index contributed by atoms with van der Waals surface area (Å²) in [5, 5.41) is 9.67. The molecule has 0 saturated carbocycles. The molecule has 1 saturated heterocycles. The second kappa shape index (κ2) is 5.83. The lowest BCUT2D eigenvalue weighted by Gasteiger charge is -2.27. The number of rotatable bonds is 5. The van der Waals surface area contributed by atoms with Crippen molar-refractivity contribution in [2.45, 2.75) is 51.7 Å². The van der Waals surface area contributed by atoms with Crippen molar-refractivity contribution in [1.29, 1.82) is 0 Å². The van der Waals surface area contributed by atoms with Crippen LogP contribution in [0.1, 0.15) is 40.0 Å². The minimum atomic E-state index is -0.696. The summed E-state index contributed by atoms with van der Waals surface area (Å²) in [6.45, 7) is 7.91. The number of hydrogen-bond donors (Lipinski definition) is 1. The SMILES string of the molecule is CC1CCCN1C(=O)CCN(C)CC(C)(C)O. The first-order valence-electron chi connectivity index (χ1n) is 6.50. The predicted octanol–water partition coefficient (Wildman–Crippen LogP) is 1.09. The molecule has 0 bridgehead atoms. The second-order valence-electron chi connectivity index (χ2n) is 5.88. The van der Waals surface area contributed by atoms with Crippen LogP contribution in [0, 0.1) is 0 Å². The van der Waals surface area contributed by atoms with Gasteiger partial charge < -0.3 is 14.9 Å². The van der Waals surface area contributed by atoms with Gasteiger partial charge in [-0.2, -0.15) is 0 Å². The highest BCUT2D eigenvalue weighted by Crippen LogP contribution is 2.17. The van der Waals surface area contributed by atoms with E-state index < -0.39 is 5.60 Å². The van der Waals surface area contributed by atoms with E-state index in [-0.39, 0.29) is 5.91 Å². The van der Waals surface area contributed by atoms with Crippen LogP contribution in [0.25, 0.3) is 0 Å². The molecule has 1 aliphatic heterocycles. The fourth-order valence-corrected chi connectivity index (χ4v) is 2.47. The number of aliphatic hydroxyl groups is 1. The highest BCUT2D eigenvalue weighted by atomic mass is 16.3. The molecule has 1 fully saturated rings. The summed E-state index contributed by atoms with van der Waals surface area (Å²) >= 11 is 0. The lowest BCUT2D eigenvalue weighted by molar-refractivity contribution is -0.132. The topological polar surface area (TPSA) is 43.8 Å². The third kappa shape index (κ3) is 5.04. The Bertz CT molecular complexity index is 261. The molecule has 1 N–H and O–H groups in total. The van der Waals surface area contributed by atoms with E-state index in [2.05, 4.69) is 6.92 Å². The molecule has 4 heteroatoms. The maximum atomic E-state index is 12.0. The average molecular weight is 242 g/mol. The number of amides is 1. The first-order chi connectivity index (χ1) is 7.79. The molecular formula is C13H26N2O2. The molecular weight excluding hydrogens is 216 g/mol. The Kier molecular flexibility index (Phi) is 4.95. The smallest absolute Gasteiger partial charge is 0.224 e. The van der Waals surface area contributed by atoms with E-state index in [0.717, 1.165) is 19.4 Å². The third-order valence-corrected chi connectivity index (χ3v) is 3.24. The quantitative estimate of drug-likeness (QED) is 0.785. The van der Waals surface area contributed by atoms with Gasteiger partial charge in [0.1, 0.15) is 0 Å². The Morgan fingerprint density at radius 1 is 1.53 bits per heavy atom. The van der Waals surface area contributed by atoms with Crippen molar-refractivity contribution < 1.29 is 9.90 Å². The molecule has 0 radical (unpaired) electrons. The molecule has 0 aromatic carbocycles. The van der Waals surface area contributed by atoms with Crippen molar-refractivity contribution in [2.24, 2.45) is 0 Å². The number of carbonyl (C=O) groups excluding carboxylic acids is 1. The minimum Gasteiger partial charge on any atom is -0.389 e. The highest BCUT2D eigenvalue weighted by Gasteiger charge is 2.25. The largest absolute Gasteiger partial charge is 0.389 e. The zero-order valence-electron chi connectivity index (χ0n) is 11.6. The van der Waals surface area contributed by atoms with Crippen LogP contribution < -0.4 is 0 Å². The second-order valence-corrected chi connectivity index (χ2v) is 5.88. The van der Waals surface area contributed by atoms with Crippen molar-refractivity contribution in [3.05, 3.63) is 0 Å². The molecule has 0 spiro atoms. The van der Waals surface area contributed by atoms with Crippen LogP contribution in [0.4, 0.5) is 0 Å². The Labute approximate surface area is 105 Å². The highest BCUT2D eigenvalue weighted by molar-refractivity contribution is 5.76. The molecule has 1 rings (SSSR count). The van der Waals surface area contributed by atoms with E-state index in [4.69, 9.17) is 0 Å². The van der Waals surface area contributed by atoms with E-state index >= 15 is 0 Å². The monoisotopic (exact) mass is 242 g/mol. The lowest BCUT2D eigenvalue weighted by Crippen LogP contribution is -2.39. The van der Waals surface area contributed by atoms with Gasteiger partial charge in [-0.05, 0) is 40.7 Å². The Hall–Kier alpha value is -0.610. The van der Waals surface area contributed by atoms with Crippen LogP contribution in [-0.2, 0) is 4.79 Å². The lowest BCUT2D eigenvalue weighted by atomic mass is 10.1. The van der Waals surface area contributed by atoms with Crippen molar-refractivity contribution in [3.63, 3.8) is 0 Å². The molecule has 1 unspecified atom stereocenters. The molecule has 1 heterocycles. The molecule has 0 aromatic heterocycles. The predicted molar refractivity (Wildman–Crippen MR) is 68.8 cm³/mol. The van der Waals surface area contributed by atoms with Gasteiger partial charge in [-0.25, -0.2) is 0 Å². The maximum absolute atomic E-state index is 12.0. The van der Waals surface area contributed by atoms with Gasteiger partial charge in [0.25, 0.3) is 0 Å². The summed E-state index contributed by atoms with van der Waals surface area (Å²) in [6, 6.07) is 0.405. The fraction of sp³-hybridized carbons (Fsp3) is 0.923. The van der Waals surface area contributed by atoms with Gasteiger partial charge in [0.05, 0.1) is 5.60 Å². The normalized spacial score (nSPS) is 21.3. The fourth-order valence-electron chi connectivity index (χ4n) is 2.47. The molecule has 0 aromatic rings. The van der Waals surface area contributed by atoms with Crippen molar-refractivity contribution in [3.8, 4) is 0 Å². The van der Waals surface area contributed by atoms with Crippen LogP contribution in [-0.4, -0.2) is 59.1 Å². The first-order valence-corrected chi connectivity index (χ1v) is 6.50. The Morgan fingerprint density at radius 3 is 2.65 bits per heavy atom. The minimum absolute atomic E-state index is 0.248. The first kappa shape index (κ1) is 14.5. The van der Waals surface area contributed by atoms with E-state index in [1.54, 1.807) is 13.8 Å². The molecule has 17 heavy (non-hydrogen) atoms. The zero-order chi connectivity index (χ0) is 13.1. The van der Waals surface area contributed by atoms with Crippen LogP contribution in [0.3, 0.4) is 0 Å². The van der Waals surface area contributed by atoms with Gasteiger partial charge in [-0.3, -0.25) is 4.79 Å². The molecule has 0 aliphatic carbocycles. The van der Waals surface area contributed by atoms with Gasteiger partial charge in [0, 0.05) is 32.1 Å². The van der Waals surface area contributed by atoms with Crippen LogP contribution in [0.5, 0.6) is 0 Å². The van der Waals surface area contributed by atoms with Crippen molar-refractivity contribution in [1.82, 2.24) is 9.80 Å². The van der Waals surface area contributed by atoms with Crippen molar-refractivity contribution in [2.75, 3.05) is 26.7 Å². The zero-order valence-corrected chi connectivity index (χ0v) is 11.6. The summed E-state index contributed by atoms with van der Waals surface area (Å²) in [5.41, 5.74) is -0.696. The van der Waals surface area contributed by atoms with Gasteiger partial charge in [-0.15, -0.1) is 0 Å². The van der Waals surface area contributed by atoms with Crippen LogP contribution in [0.2, 0.25) is 0 Å². The van der Waals surface area contributed by atoms with Gasteiger partial charge >= 0.3 is 0 Å². The van der Waals surface area contributed by atoms with Gasteiger partial charge in [-0.1, -0.05) is 0 Å². The third-order valence-electron chi connectivity index (χ3n) is 3.24. The van der Waals surface area contributed by atoms with Crippen LogP contribution >= 0.6 is 0 Å². The summed E-state index contributed by atoms with van der Waals surface area (Å²) in [6.07, 6.45) is 2.81. The number of nitrogens with zero attached hydrogens (tertiary/aromatic N) is 2. The van der Waals surface area contributed by atoms with Gasteiger partial charge in [0.2, 0.25) is 5.91 Å². The summed E-state index contributed by atoms with van der Waals surface area (Å²) in [4.78, 5) is 16.0. The maximum Gasteiger partial charge on any atom is 0.224 e. The summed E-state index contributed by atoms with van der Waals surface area (Å²) in [5.74, 6) is 0.248. The van der Waals surface area contributed by atoms with E-state index in [1.165, 1.54) is 0 Å². The average Bonchev–Trinajstić information content (AvgIpc) is 2.58. The van der Waals surface area contributed by atoms with Crippen molar-refractivity contribution >= 4 is 5.91 Å². The number of likely N-dealkylation sites (N-methyl/N-ethyl adjacent to an activating group) is 1. The number of hydrogen-bond acceptors (Lipinski definition) is 3. The van der Waals surface area contributed by atoms with E-state index in [0.29, 0.717) is 25.6 Å².